The summed E-state index contributed by atoms with van der Waals surface area (Å²) < 4.78 is 0. The minimum Gasteiger partial charge on any atom is -0.341 e. The number of nitriles is 1. The molecular weight excluding hydrogens is 220 g/mol. The lowest BCUT2D eigenvalue weighted by Crippen LogP contribution is -2.45. The number of rotatable bonds is 2. The molecule has 0 aromatic carbocycles. The molecule has 1 saturated heterocycles. The van der Waals surface area contributed by atoms with Gasteiger partial charge in [-0.15, -0.1) is 0 Å². The van der Waals surface area contributed by atoms with Gasteiger partial charge in [0.15, 0.2) is 0 Å². The van der Waals surface area contributed by atoms with E-state index in [1.54, 1.807) is 0 Å². The van der Waals surface area contributed by atoms with E-state index in [4.69, 9.17) is 0 Å². The molecule has 0 radical (unpaired) electrons. The molecule has 0 spiro atoms. The second-order valence-electron chi connectivity index (χ2n) is 4.83. The fourth-order valence-corrected chi connectivity index (χ4v) is 3.95. The Balaban J connectivity index is 2.08. The van der Waals surface area contributed by atoms with Crippen molar-refractivity contribution in [1.82, 2.24) is 4.90 Å². The average Bonchev–Trinajstić information content (AvgIpc) is 2.98. The van der Waals surface area contributed by atoms with Crippen molar-refractivity contribution in [2.24, 2.45) is 5.41 Å². The van der Waals surface area contributed by atoms with E-state index in [0.29, 0.717) is 6.04 Å². The lowest BCUT2D eigenvalue weighted by Gasteiger charge is -2.30. The molecule has 0 bridgehead atoms. The highest BCUT2D eigenvalue weighted by molar-refractivity contribution is 7.99. The topological polar surface area (TPSA) is 44.1 Å². The van der Waals surface area contributed by atoms with Gasteiger partial charge < -0.3 is 4.90 Å². The van der Waals surface area contributed by atoms with Gasteiger partial charge >= 0.3 is 0 Å². The third kappa shape index (κ3) is 1.93. The van der Waals surface area contributed by atoms with E-state index in [0.717, 1.165) is 43.6 Å². The van der Waals surface area contributed by atoms with Crippen LogP contribution in [0.1, 0.15) is 32.1 Å². The molecule has 88 valence electrons. The highest BCUT2D eigenvalue weighted by atomic mass is 32.2. The first kappa shape index (κ1) is 11.8. The number of nitrogens with zero attached hydrogens (tertiary/aromatic N) is 2. The van der Waals surface area contributed by atoms with Crippen LogP contribution >= 0.6 is 11.8 Å². The molecule has 0 aromatic heterocycles. The van der Waals surface area contributed by atoms with E-state index in [-0.39, 0.29) is 5.91 Å². The number of thioether (sulfide) groups is 1. The Morgan fingerprint density at radius 1 is 1.50 bits per heavy atom. The largest absolute Gasteiger partial charge is 0.341 e. The maximum Gasteiger partial charge on any atom is 0.243 e. The van der Waals surface area contributed by atoms with Gasteiger partial charge in [-0.1, -0.05) is 12.8 Å². The van der Waals surface area contributed by atoms with Crippen molar-refractivity contribution in [3.8, 4) is 6.07 Å². The standard InChI is InChI=1S/C12H18N2OS/c1-14(10-4-7-16-8-10)11(15)12(9-13)5-2-3-6-12/h10H,2-8H2,1H3. The van der Waals surface area contributed by atoms with E-state index in [1.165, 1.54) is 0 Å². The highest BCUT2D eigenvalue weighted by Gasteiger charge is 2.44. The van der Waals surface area contributed by atoms with Gasteiger partial charge in [0.25, 0.3) is 0 Å². The van der Waals surface area contributed by atoms with E-state index in [1.807, 2.05) is 23.7 Å². The maximum atomic E-state index is 12.4. The molecule has 3 nitrogen and oxygen atoms in total. The zero-order valence-corrected chi connectivity index (χ0v) is 10.6. The normalized spacial score (nSPS) is 27.6. The van der Waals surface area contributed by atoms with Crippen molar-refractivity contribution in [3.05, 3.63) is 0 Å². The number of hydrogen-bond donors (Lipinski definition) is 0. The van der Waals surface area contributed by atoms with Gasteiger partial charge in [-0.3, -0.25) is 4.79 Å². The van der Waals surface area contributed by atoms with Crippen molar-refractivity contribution in [2.45, 2.75) is 38.1 Å². The number of carbonyl (C=O) groups is 1. The smallest absolute Gasteiger partial charge is 0.243 e. The van der Waals surface area contributed by atoms with Gasteiger partial charge in [-0.05, 0) is 25.0 Å². The van der Waals surface area contributed by atoms with Crippen LogP contribution in [0.5, 0.6) is 0 Å². The van der Waals surface area contributed by atoms with E-state index in [9.17, 15) is 10.1 Å². The summed E-state index contributed by atoms with van der Waals surface area (Å²) in [4.78, 5) is 14.2. The Bertz CT molecular complexity index is 311. The third-order valence-corrected chi connectivity index (χ3v) is 5.00. The molecule has 1 amide bonds. The summed E-state index contributed by atoms with van der Waals surface area (Å²) in [6.45, 7) is 0. The van der Waals surface area contributed by atoms with E-state index in [2.05, 4.69) is 6.07 Å². The molecule has 1 heterocycles. The fraction of sp³-hybridized carbons (Fsp3) is 0.833. The lowest BCUT2D eigenvalue weighted by atomic mass is 9.86. The van der Waals surface area contributed by atoms with Crippen molar-refractivity contribution in [2.75, 3.05) is 18.6 Å². The van der Waals surface area contributed by atoms with Crippen LogP contribution in [0.2, 0.25) is 0 Å². The van der Waals surface area contributed by atoms with Gasteiger partial charge in [-0.2, -0.15) is 17.0 Å². The van der Waals surface area contributed by atoms with Crippen molar-refractivity contribution < 1.29 is 4.79 Å². The second kappa shape index (κ2) is 4.67. The highest BCUT2D eigenvalue weighted by Crippen LogP contribution is 2.39. The Labute approximate surface area is 101 Å². The fourth-order valence-electron chi connectivity index (χ4n) is 2.68. The maximum absolute atomic E-state index is 12.4. The Kier molecular flexibility index (Phi) is 3.44. The third-order valence-electron chi connectivity index (χ3n) is 3.85. The van der Waals surface area contributed by atoms with Gasteiger partial charge in [0, 0.05) is 18.8 Å². The average molecular weight is 238 g/mol. The summed E-state index contributed by atoms with van der Waals surface area (Å²) in [5.74, 6) is 2.24. The minimum absolute atomic E-state index is 0.0694. The first-order valence-electron chi connectivity index (χ1n) is 5.96. The number of carbonyl (C=O) groups excluding carboxylic acids is 1. The first-order valence-corrected chi connectivity index (χ1v) is 7.11. The summed E-state index contributed by atoms with van der Waals surface area (Å²) in [7, 11) is 1.87. The molecule has 1 aliphatic heterocycles. The molecule has 1 saturated carbocycles. The van der Waals surface area contributed by atoms with Crippen molar-refractivity contribution in [1.29, 1.82) is 5.26 Å². The molecular formula is C12H18N2OS. The predicted molar refractivity (Wildman–Crippen MR) is 65.0 cm³/mol. The van der Waals surface area contributed by atoms with Crippen LogP contribution in [0, 0.1) is 16.7 Å². The zero-order valence-electron chi connectivity index (χ0n) is 9.74. The Morgan fingerprint density at radius 3 is 2.69 bits per heavy atom. The zero-order chi connectivity index (χ0) is 11.6. The lowest BCUT2D eigenvalue weighted by molar-refractivity contribution is -0.139. The first-order chi connectivity index (χ1) is 7.69. The van der Waals surface area contributed by atoms with Crippen LogP contribution in [0.4, 0.5) is 0 Å². The quantitative estimate of drug-likeness (QED) is 0.739. The Hall–Kier alpha value is -0.690. The van der Waals surface area contributed by atoms with Crippen LogP contribution < -0.4 is 0 Å². The Morgan fingerprint density at radius 2 is 2.19 bits per heavy atom. The molecule has 0 aromatic rings. The van der Waals surface area contributed by atoms with Crippen LogP contribution in [0.3, 0.4) is 0 Å². The minimum atomic E-state index is -0.692. The molecule has 2 rings (SSSR count). The molecule has 1 atom stereocenters. The molecule has 16 heavy (non-hydrogen) atoms. The van der Waals surface area contributed by atoms with Gasteiger partial charge in [0.1, 0.15) is 5.41 Å². The molecule has 2 aliphatic rings. The van der Waals surface area contributed by atoms with Gasteiger partial charge in [0.05, 0.1) is 6.07 Å². The molecule has 1 unspecified atom stereocenters. The monoisotopic (exact) mass is 238 g/mol. The SMILES string of the molecule is CN(C(=O)C1(C#N)CCCC1)C1CCSC1. The summed E-state index contributed by atoms with van der Waals surface area (Å²) in [6.07, 6.45) is 4.63. The van der Waals surface area contributed by atoms with Crippen LogP contribution in [-0.4, -0.2) is 35.4 Å². The van der Waals surface area contributed by atoms with E-state index >= 15 is 0 Å². The second-order valence-corrected chi connectivity index (χ2v) is 5.98. The summed E-state index contributed by atoms with van der Waals surface area (Å²) in [5.41, 5.74) is -0.692. The van der Waals surface area contributed by atoms with Gasteiger partial charge in [0.2, 0.25) is 5.91 Å². The molecule has 4 heteroatoms. The summed E-state index contributed by atoms with van der Waals surface area (Å²) >= 11 is 1.90. The van der Waals surface area contributed by atoms with Crippen molar-refractivity contribution >= 4 is 17.7 Å². The molecule has 1 aliphatic carbocycles. The van der Waals surface area contributed by atoms with Crippen LogP contribution in [0.15, 0.2) is 0 Å². The molecule has 0 N–H and O–H groups in total. The van der Waals surface area contributed by atoms with Gasteiger partial charge in [-0.25, -0.2) is 0 Å². The molecule has 2 fully saturated rings. The summed E-state index contributed by atoms with van der Waals surface area (Å²) in [6, 6.07) is 2.63. The van der Waals surface area contributed by atoms with E-state index < -0.39 is 5.41 Å². The van der Waals surface area contributed by atoms with Crippen LogP contribution in [-0.2, 0) is 4.79 Å². The predicted octanol–water partition coefficient (Wildman–Crippen LogP) is 2.03. The number of amides is 1. The van der Waals surface area contributed by atoms with Crippen LogP contribution in [0.25, 0.3) is 0 Å². The number of hydrogen-bond acceptors (Lipinski definition) is 3. The van der Waals surface area contributed by atoms with Crippen molar-refractivity contribution in [3.63, 3.8) is 0 Å². The summed E-state index contributed by atoms with van der Waals surface area (Å²) in [5, 5.41) is 9.28.